The molecule has 0 spiro atoms. The lowest BCUT2D eigenvalue weighted by molar-refractivity contribution is -0.437. The van der Waals surface area contributed by atoms with Crippen LogP contribution in [-0.4, -0.2) is 48.6 Å². The molecule has 3 aromatic rings. The van der Waals surface area contributed by atoms with Crippen LogP contribution in [0, 0.1) is 0 Å². The van der Waals surface area contributed by atoms with Gasteiger partial charge in [-0.3, -0.25) is 4.55 Å². The standard InChI is InChI=1S/C41H48ClN3O3S.BrH/c1-40(2)33-17-7-8-18-34(33)44(26-9-10-28-49(46,47)48)36(40)23-20-30-14-11-15-31(39(30)42)21-24-37-41(3,4)38-32-16-6-5-13-29(32)19-22-35(38)45(37)27-12-25-43;/h5-8,13,16-24H,9-12,14-15,25-28,43H2,1-4H3;1H. The molecule has 9 heteroatoms. The van der Waals surface area contributed by atoms with Crippen LogP contribution in [0.3, 0.4) is 0 Å². The maximum atomic E-state index is 11.3. The van der Waals surface area contributed by atoms with Gasteiger partial charge in [0.25, 0.3) is 10.1 Å². The van der Waals surface area contributed by atoms with Gasteiger partial charge in [-0.05, 0) is 98.2 Å². The Morgan fingerprint density at radius 2 is 1.66 bits per heavy atom. The van der Waals surface area contributed by atoms with Gasteiger partial charge in [0, 0.05) is 52.5 Å². The minimum absolute atomic E-state index is 0. The van der Waals surface area contributed by atoms with Gasteiger partial charge in [0.1, 0.15) is 0 Å². The van der Waals surface area contributed by atoms with Crippen molar-refractivity contribution in [2.75, 3.05) is 30.3 Å². The minimum atomic E-state index is -3.98. The fraction of sp³-hybridized carbons (Fsp3) is 0.390. The highest BCUT2D eigenvalue weighted by Gasteiger charge is 2.45. The van der Waals surface area contributed by atoms with Crippen LogP contribution >= 0.6 is 11.6 Å². The molecule has 0 atom stereocenters. The third kappa shape index (κ3) is 7.47. The molecule has 1 aliphatic carbocycles. The lowest BCUT2D eigenvalue weighted by Gasteiger charge is -2.27. The Bertz CT molecular complexity index is 2040. The number of unbranched alkanes of at least 4 members (excludes halogenated alkanes) is 1. The SMILES string of the molecule is CC1(C)C(/C=C/C2=C(Cl)C(=C/C=C3/N(CCCCS(=O)(=O)O)c4ccccc4C3(C)C)/CCC2)=[N+](CCCN)c2ccc3ccccc3c21.[Br-]. The van der Waals surface area contributed by atoms with Gasteiger partial charge in [-0.2, -0.15) is 13.0 Å². The van der Waals surface area contributed by atoms with Gasteiger partial charge < -0.3 is 27.6 Å². The summed E-state index contributed by atoms with van der Waals surface area (Å²) < 4.78 is 34.4. The molecule has 3 N–H and O–H groups in total. The summed E-state index contributed by atoms with van der Waals surface area (Å²) in [5.41, 5.74) is 15.3. The van der Waals surface area contributed by atoms with Crippen molar-refractivity contribution in [1.82, 2.24) is 0 Å². The molecule has 266 valence electrons. The molecule has 2 heterocycles. The van der Waals surface area contributed by atoms with E-state index >= 15 is 0 Å². The largest absolute Gasteiger partial charge is 1.00 e. The molecule has 50 heavy (non-hydrogen) atoms. The first-order valence-electron chi connectivity index (χ1n) is 17.5. The van der Waals surface area contributed by atoms with Gasteiger partial charge in [0.2, 0.25) is 5.69 Å². The summed E-state index contributed by atoms with van der Waals surface area (Å²) in [5.74, 6) is -0.227. The number of fused-ring (bicyclic) bond motifs is 4. The lowest BCUT2D eigenvalue weighted by Crippen LogP contribution is -3.00. The minimum Gasteiger partial charge on any atom is -1.00 e. The first kappa shape index (κ1) is 38.2. The summed E-state index contributed by atoms with van der Waals surface area (Å²) in [6.07, 6.45) is 13.7. The van der Waals surface area contributed by atoms with E-state index < -0.39 is 10.1 Å². The van der Waals surface area contributed by atoms with Gasteiger partial charge in [0.15, 0.2) is 12.3 Å². The van der Waals surface area contributed by atoms with E-state index in [1.165, 1.54) is 33.3 Å². The number of allylic oxidation sites excluding steroid dienone is 8. The number of rotatable bonds is 11. The van der Waals surface area contributed by atoms with Crippen molar-refractivity contribution in [2.45, 2.75) is 77.0 Å². The molecule has 3 aliphatic rings. The molecular weight excluding hydrogens is 730 g/mol. The summed E-state index contributed by atoms with van der Waals surface area (Å²) in [4.78, 5) is 2.30. The van der Waals surface area contributed by atoms with E-state index in [1.54, 1.807) is 0 Å². The number of nitrogens with two attached hydrogens (primary N) is 1. The topological polar surface area (TPSA) is 86.6 Å². The van der Waals surface area contributed by atoms with Crippen molar-refractivity contribution >= 4 is 49.6 Å². The number of nitrogens with zero attached hydrogens (tertiary/aromatic N) is 2. The second-order valence-corrected chi connectivity index (χ2v) is 16.5. The lowest BCUT2D eigenvalue weighted by atomic mass is 9.79. The highest BCUT2D eigenvalue weighted by molar-refractivity contribution is 7.85. The van der Waals surface area contributed by atoms with E-state index in [-0.39, 0.29) is 33.6 Å². The van der Waals surface area contributed by atoms with Crippen molar-refractivity contribution < 1.29 is 34.5 Å². The Morgan fingerprint density at radius 1 is 0.920 bits per heavy atom. The van der Waals surface area contributed by atoms with E-state index in [9.17, 15) is 13.0 Å². The smallest absolute Gasteiger partial charge is 0.264 e. The summed E-state index contributed by atoms with van der Waals surface area (Å²) in [5, 5.41) is 3.37. The maximum Gasteiger partial charge on any atom is 0.264 e. The molecule has 6 rings (SSSR count). The third-order valence-electron chi connectivity index (χ3n) is 10.5. The Kier molecular flexibility index (Phi) is 11.7. The van der Waals surface area contributed by atoms with Crippen molar-refractivity contribution in [3.05, 3.63) is 118 Å². The molecular formula is C41H49BrClN3O3S. The quantitative estimate of drug-likeness (QED) is 0.140. The summed E-state index contributed by atoms with van der Waals surface area (Å²) in [6, 6.07) is 21.6. The Morgan fingerprint density at radius 3 is 2.42 bits per heavy atom. The summed E-state index contributed by atoms with van der Waals surface area (Å²) in [6.45, 7) is 11.3. The molecule has 0 fully saturated rings. The third-order valence-corrected chi connectivity index (χ3v) is 11.8. The number of hydrogen-bond donors (Lipinski definition) is 2. The van der Waals surface area contributed by atoms with Crippen LogP contribution in [0.2, 0.25) is 0 Å². The molecule has 0 amide bonds. The second kappa shape index (κ2) is 15.3. The first-order valence-corrected chi connectivity index (χ1v) is 19.5. The zero-order chi connectivity index (χ0) is 35.0. The Hall–Kier alpha value is -3.01. The normalized spacial score (nSPS) is 19.9. The van der Waals surface area contributed by atoms with Gasteiger partial charge in [-0.15, -0.1) is 0 Å². The predicted molar refractivity (Wildman–Crippen MR) is 205 cm³/mol. The molecule has 0 radical (unpaired) electrons. The number of benzene rings is 3. The molecule has 3 aromatic carbocycles. The Balaban J connectivity index is 0.00000486. The highest BCUT2D eigenvalue weighted by atomic mass is 79.9. The summed E-state index contributed by atoms with van der Waals surface area (Å²) in [7, 11) is -3.98. The predicted octanol–water partition coefficient (Wildman–Crippen LogP) is 6.08. The van der Waals surface area contributed by atoms with E-state index in [4.69, 9.17) is 17.3 Å². The maximum absolute atomic E-state index is 11.3. The van der Waals surface area contributed by atoms with Crippen molar-refractivity contribution in [3.8, 4) is 0 Å². The number of para-hydroxylation sites is 1. The van der Waals surface area contributed by atoms with Crippen LogP contribution in [0.15, 0.2) is 107 Å². The van der Waals surface area contributed by atoms with Gasteiger partial charge in [0.05, 0.1) is 11.2 Å². The second-order valence-electron chi connectivity index (χ2n) is 14.5. The molecule has 0 aromatic heterocycles. The van der Waals surface area contributed by atoms with E-state index in [0.29, 0.717) is 25.9 Å². The number of halogens is 2. The average molecular weight is 779 g/mol. The highest BCUT2D eigenvalue weighted by Crippen LogP contribution is 2.48. The molecule has 0 bridgehead atoms. The molecule has 0 unspecified atom stereocenters. The van der Waals surface area contributed by atoms with Crippen LogP contribution < -0.4 is 27.6 Å². The van der Waals surface area contributed by atoms with E-state index in [0.717, 1.165) is 59.8 Å². The van der Waals surface area contributed by atoms with Crippen LogP contribution in [0.4, 0.5) is 11.4 Å². The van der Waals surface area contributed by atoms with Crippen LogP contribution in [0.25, 0.3) is 10.8 Å². The molecule has 2 aliphatic heterocycles. The van der Waals surface area contributed by atoms with Crippen molar-refractivity contribution in [1.29, 1.82) is 0 Å². The average Bonchev–Trinajstić information content (AvgIpc) is 3.42. The molecule has 6 nitrogen and oxygen atoms in total. The Labute approximate surface area is 313 Å². The van der Waals surface area contributed by atoms with Crippen molar-refractivity contribution in [3.63, 3.8) is 0 Å². The number of anilines is 1. The van der Waals surface area contributed by atoms with Crippen LogP contribution in [0.1, 0.15) is 77.3 Å². The zero-order valence-corrected chi connectivity index (χ0v) is 32.7. The molecule has 0 saturated heterocycles. The van der Waals surface area contributed by atoms with E-state index in [2.05, 4.69) is 116 Å². The number of hydrogen-bond acceptors (Lipinski definition) is 4. The fourth-order valence-corrected chi connectivity index (χ4v) is 8.91. The van der Waals surface area contributed by atoms with Gasteiger partial charge in [-0.25, -0.2) is 0 Å². The first-order chi connectivity index (χ1) is 23.3. The monoisotopic (exact) mass is 777 g/mol. The van der Waals surface area contributed by atoms with Crippen molar-refractivity contribution in [2.24, 2.45) is 5.73 Å². The van der Waals surface area contributed by atoms with Crippen LogP contribution in [-0.2, 0) is 20.9 Å². The summed E-state index contributed by atoms with van der Waals surface area (Å²) >= 11 is 7.22. The van der Waals surface area contributed by atoms with E-state index in [1.807, 2.05) is 6.07 Å². The van der Waals surface area contributed by atoms with Gasteiger partial charge >= 0.3 is 0 Å². The zero-order valence-electron chi connectivity index (χ0n) is 29.6. The van der Waals surface area contributed by atoms with Crippen LogP contribution in [0.5, 0.6) is 0 Å². The molecule has 0 saturated carbocycles. The van der Waals surface area contributed by atoms with Gasteiger partial charge in [-0.1, -0.05) is 80.1 Å². The fourth-order valence-electron chi connectivity index (χ4n) is 8.03.